The first-order valence-electron chi connectivity index (χ1n) is 9.96. The molecule has 2 aliphatic carbocycles. The van der Waals surface area contributed by atoms with Crippen LogP contribution in [0.1, 0.15) is 53.4 Å². The fourth-order valence-corrected chi connectivity index (χ4v) is 4.06. The fourth-order valence-electron chi connectivity index (χ4n) is 4.06. The normalized spacial score (nSPS) is 15.6. The second-order valence-corrected chi connectivity index (χ2v) is 7.75. The van der Waals surface area contributed by atoms with Gasteiger partial charge in [-0.1, -0.05) is 6.07 Å². The molecule has 5 heteroatoms. The molecule has 1 fully saturated rings. The topological polar surface area (TPSA) is 60.3 Å². The molecule has 146 valence electrons. The lowest BCUT2D eigenvalue weighted by Gasteiger charge is -2.07. The van der Waals surface area contributed by atoms with Gasteiger partial charge >= 0.3 is 5.97 Å². The molecule has 0 spiro atoms. The number of aromatic nitrogens is 1. The van der Waals surface area contributed by atoms with Crippen LogP contribution in [0.15, 0.2) is 30.3 Å². The Labute approximate surface area is 165 Å². The molecule has 0 radical (unpaired) electrons. The van der Waals surface area contributed by atoms with Crippen molar-refractivity contribution in [2.75, 3.05) is 11.9 Å². The molecule has 1 aromatic heterocycles. The average molecular weight is 378 g/mol. The number of nitrogens with zero attached hydrogens (tertiary/aromatic N) is 1. The standard InChI is InChI=1S/C23H26N2O3/c1-15-12-18(16(2)25(15)21-9-10-21)7-11-23(27)28-14-22(26)24-20-8-6-17-4-3-5-19(17)13-20/h6-8,11-13,21H,3-5,9-10,14H2,1-2H3,(H,24,26)/b11-7+. The Kier molecular flexibility index (Phi) is 5.07. The van der Waals surface area contributed by atoms with Crippen molar-refractivity contribution in [1.82, 2.24) is 4.57 Å². The Morgan fingerprint density at radius 3 is 2.75 bits per heavy atom. The predicted molar refractivity (Wildman–Crippen MR) is 109 cm³/mol. The van der Waals surface area contributed by atoms with Crippen LogP contribution in [0.4, 0.5) is 5.69 Å². The molecule has 4 rings (SSSR count). The van der Waals surface area contributed by atoms with Gasteiger partial charge in [0.2, 0.25) is 0 Å². The summed E-state index contributed by atoms with van der Waals surface area (Å²) in [7, 11) is 0. The summed E-state index contributed by atoms with van der Waals surface area (Å²) in [6.45, 7) is 3.87. The summed E-state index contributed by atoms with van der Waals surface area (Å²) < 4.78 is 7.41. The lowest BCUT2D eigenvalue weighted by atomic mass is 10.1. The van der Waals surface area contributed by atoms with Gasteiger partial charge in [0.25, 0.3) is 5.91 Å². The number of benzene rings is 1. The Morgan fingerprint density at radius 2 is 1.96 bits per heavy atom. The molecule has 1 heterocycles. The Balaban J connectivity index is 1.29. The number of fused-ring (bicyclic) bond motifs is 1. The van der Waals surface area contributed by atoms with Crippen molar-refractivity contribution in [3.05, 3.63) is 58.4 Å². The third-order valence-corrected chi connectivity index (χ3v) is 5.56. The van der Waals surface area contributed by atoms with Crippen LogP contribution in [0.3, 0.4) is 0 Å². The van der Waals surface area contributed by atoms with Crippen LogP contribution in [0, 0.1) is 13.8 Å². The summed E-state index contributed by atoms with van der Waals surface area (Å²) in [5.74, 6) is -0.841. The number of carbonyl (C=O) groups excluding carboxylic acids is 2. The maximum absolute atomic E-state index is 12.1. The number of esters is 1. The molecule has 5 nitrogen and oxygen atoms in total. The number of nitrogens with one attached hydrogen (secondary N) is 1. The van der Waals surface area contributed by atoms with Crippen LogP contribution in [-0.2, 0) is 27.2 Å². The maximum Gasteiger partial charge on any atom is 0.331 e. The van der Waals surface area contributed by atoms with Crippen molar-refractivity contribution in [3.8, 4) is 0 Å². The third-order valence-electron chi connectivity index (χ3n) is 5.56. The summed E-state index contributed by atoms with van der Waals surface area (Å²) >= 11 is 0. The van der Waals surface area contributed by atoms with Gasteiger partial charge in [-0.2, -0.15) is 0 Å². The van der Waals surface area contributed by atoms with Gasteiger partial charge in [0, 0.05) is 29.2 Å². The smallest absolute Gasteiger partial charge is 0.331 e. The minimum Gasteiger partial charge on any atom is -0.452 e. The van der Waals surface area contributed by atoms with Crippen LogP contribution < -0.4 is 5.32 Å². The predicted octanol–water partition coefficient (Wildman–Crippen LogP) is 4.12. The van der Waals surface area contributed by atoms with Crippen LogP contribution in [0.2, 0.25) is 0 Å². The second-order valence-electron chi connectivity index (χ2n) is 7.75. The number of carbonyl (C=O) groups is 2. The Morgan fingerprint density at radius 1 is 1.18 bits per heavy atom. The van der Waals surface area contributed by atoms with Gasteiger partial charge < -0.3 is 14.6 Å². The van der Waals surface area contributed by atoms with Gasteiger partial charge in [-0.3, -0.25) is 4.79 Å². The molecule has 2 aliphatic rings. The zero-order valence-corrected chi connectivity index (χ0v) is 16.5. The number of aryl methyl sites for hydroxylation is 3. The molecule has 0 aliphatic heterocycles. The van der Waals surface area contributed by atoms with Crippen molar-refractivity contribution in [3.63, 3.8) is 0 Å². The van der Waals surface area contributed by atoms with Crippen molar-refractivity contribution >= 4 is 23.6 Å². The minimum absolute atomic E-state index is 0.290. The zero-order chi connectivity index (χ0) is 19.7. The van der Waals surface area contributed by atoms with E-state index in [1.165, 1.54) is 47.9 Å². The maximum atomic E-state index is 12.1. The SMILES string of the molecule is Cc1cc(/C=C/C(=O)OCC(=O)Nc2ccc3c(c2)CCC3)c(C)n1C1CC1. The van der Waals surface area contributed by atoms with Crippen LogP contribution in [-0.4, -0.2) is 23.1 Å². The molecule has 1 saturated carbocycles. The van der Waals surface area contributed by atoms with Crippen molar-refractivity contribution in [1.29, 1.82) is 0 Å². The number of rotatable bonds is 6. The quantitative estimate of drug-likeness (QED) is 0.607. The number of amides is 1. The highest BCUT2D eigenvalue weighted by molar-refractivity contribution is 5.94. The first-order chi connectivity index (χ1) is 13.5. The van der Waals surface area contributed by atoms with Crippen LogP contribution in [0.25, 0.3) is 6.08 Å². The molecule has 0 bridgehead atoms. The van der Waals surface area contributed by atoms with E-state index in [9.17, 15) is 9.59 Å². The van der Waals surface area contributed by atoms with Crippen molar-refractivity contribution < 1.29 is 14.3 Å². The molecule has 2 aromatic rings. The molecule has 1 amide bonds. The minimum atomic E-state index is -0.514. The zero-order valence-electron chi connectivity index (χ0n) is 16.5. The summed E-state index contributed by atoms with van der Waals surface area (Å²) in [4.78, 5) is 24.0. The van der Waals surface area contributed by atoms with E-state index in [-0.39, 0.29) is 12.5 Å². The summed E-state index contributed by atoms with van der Waals surface area (Å²) in [5, 5.41) is 2.80. The number of anilines is 1. The molecule has 0 unspecified atom stereocenters. The lowest BCUT2D eigenvalue weighted by Crippen LogP contribution is -2.20. The molecule has 0 saturated heterocycles. The average Bonchev–Trinajstić information content (AvgIpc) is 3.31. The summed E-state index contributed by atoms with van der Waals surface area (Å²) in [6, 6.07) is 8.66. The van der Waals surface area contributed by atoms with E-state index >= 15 is 0 Å². The molecular weight excluding hydrogens is 352 g/mol. The van der Waals surface area contributed by atoms with Crippen molar-refractivity contribution in [2.24, 2.45) is 0 Å². The highest BCUT2D eigenvalue weighted by atomic mass is 16.5. The third kappa shape index (κ3) is 4.03. The fraction of sp³-hybridized carbons (Fsp3) is 0.391. The van der Waals surface area contributed by atoms with Crippen LogP contribution >= 0.6 is 0 Å². The van der Waals surface area contributed by atoms with E-state index in [1.807, 2.05) is 12.1 Å². The van der Waals surface area contributed by atoms with E-state index in [0.717, 1.165) is 24.1 Å². The Hall–Kier alpha value is -2.82. The highest BCUT2D eigenvalue weighted by Gasteiger charge is 2.26. The monoisotopic (exact) mass is 378 g/mol. The molecule has 0 atom stereocenters. The second kappa shape index (κ2) is 7.66. The van der Waals surface area contributed by atoms with E-state index in [0.29, 0.717) is 6.04 Å². The van der Waals surface area contributed by atoms with E-state index < -0.39 is 5.97 Å². The molecular formula is C23H26N2O3. The first kappa shape index (κ1) is 18.5. The van der Waals surface area contributed by atoms with Gasteiger partial charge in [-0.05, 0) is 86.9 Å². The number of ether oxygens (including phenoxy) is 1. The van der Waals surface area contributed by atoms with E-state index in [1.54, 1.807) is 6.08 Å². The van der Waals surface area contributed by atoms with Gasteiger partial charge in [0.1, 0.15) is 0 Å². The van der Waals surface area contributed by atoms with Crippen molar-refractivity contribution in [2.45, 2.75) is 52.0 Å². The number of hydrogen-bond donors (Lipinski definition) is 1. The molecule has 1 aromatic carbocycles. The van der Waals surface area contributed by atoms with E-state index in [2.05, 4.69) is 35.9 Å². The lowest BCUT2D eigenvalue weighted by molar-refractivity contribution is -0.142. The summed E-state index contributed by atoms with van der Waals surface area (Å²) in [6.07, 6.45) is 8.93. The van der Waals surface area contributed by atoms with Gasteiger partial charge in [-0.25, -0.2) is 4.79 Å². The van der Waals surface area contributed by atoms with Gasteiger partial charge in [0.15, 0.2) is 6.61 Å². The first-order valence-corrected chi connectivity index (χ1v) is 9.96. The van der Waals surface area contributed by atoms with Gasteiger partial charge in [-0.15, -0.1) is 0 Å². The largest absolute Gasteiger partial charge is 0.452 e. The molecule has 28 heavy (non-hydrogen) atoms. The van der Waals surface area contributed by atoms with Crippen LogP contribution in [0.5, 0.6) is 0 Å². The Bertz CT molecular complexity index is 951. The van der Waals surface area contributed by atoms with Gasteiger partial charge in [0.05, 0.1) is 0 Å². The number of hydrogen-bond acceptors (Lipinski definition) is 3. The highest BCUT2D eigenvalue weighted by Crippen LogP contribution is 2.38. The molecule has 1 N–H and O–H groups in total. The van der Waals surface area contributed by atoms with E-state index in [4.69, 9.17) is 4.74 Å². The summed E-state index contributed by atoms with van der Waals surface area (Å²) in [5.41, 5.74) is 6.80.